The molecule has 0 bridgehead atoms. The van der Waals surface area contributed by atoms with E-state index in [1.807, 2.05) is 27.7 Å². The average molecular weight is 366 g/mol. The number of halogens is 1. The molecule has 0 aliphatic carbocycles. The van der Waals surface area contributed by atoms with Gasteiger partial charge in [-0.05, 0) is 63.8 Å². The number of hydrogen-bond donors (Lipinski definition) is 1. The summed E-state index contributed by atoms with van der Waals surface area (Å²) in [5.74, 6) is -0.213. The van der Waals surface area contributed by atoms with Crippen molar-refractivity contribution in [2.24, 2.45) is 11.7 Å². The van der Waals surface area contributed by atoms with Crippen LogP contribution in [0.4, 0.5) is 9.18 Å². The molecular formula is C20H31FN2O3. The molecule has 26 heavy (non-hydrogen) atoms. The normalized spacial score (nSPS) is 19.3. The van der Waals surface area contributed by atoms with Gasteiger partial charge in [-0.15, -0.1) is 0 Å². The van der Waals surface area contributed by atoms with Gasteiger partial charge in [0.15, 0.2) is 0 Å². The Morgan fingerprint density at radius 3 is 2.81 bits per heavy atom. The molecule has 0 saturated carbocycles. The summed E-state index contributed by atoms with van der Waals surface area (Å²) in [5.41, 5.74) is 6.89. The van der Waals surface area contributed by atoms with Crippen molar-refractivity contribution >= 4 is 6.09 Å². The third-order valence-corrected chi connectivity index (χ3v) is 4.50. The fraction of sp³-hybridized carbons (Fsp3) is 0.650. The van der Waals surface area contributed by atoms with E-state index in [1.54, 1.807) is 11.0 Å². The number of rotatable bonds is 5. The molecule has 1 heterocycles. The smallest absolute Gasteiger partial charge is 0.410 e. The molecule has 0 radical (unpaired) electrons. The summed E-state index contributed by atoms with van der Waals surface area (Å²) < 4.78 is 25.3. The van der Waals surface area contributed by atoms with Gasteiger partial charge in [0.25, 0.3) is 0 Å². The largest absolute Gasteiger partial charge is 0.444 e. The highest BCUT2D eigenvalue weighted by Gasteiger charge is 2.33. The maximum atomic E-state index is 13.8. The number of ether oxygens (including phenoxy) is 2. The quantitative estimate of drug-likeness (QED) is 0.861. The Kier molecular flexibility index (Phi) is 7.01. The predicted octanol–water partition coefficient (Wildman–Crippen LogP) is 3.80. The van der Waals surface area contributed by atoms with Crippen molar-refractivity contribution in [1.82, 2.24) is 4.90 Å². The monoisotopic (exact) mass is 366 g/mol. The molecule has 5 nitrogen and oxygen atoms in total. The van der Waals surface area contributed by atoms with Crippen LogP contribution in [0.2, 0.25) is 0 Å². The molecule has 2 atom stereocenters. The zero-order valence-electron chi connectivity index (χ0n) is 16.3. The molecule has 1 aliphatic heterocycles. The van der Waals surface area contributed by atoms with Crippen LogP contribution >= 0.6 is 0 Å². The van der Waals surface area contributed by atoms with Crippen molar-refractivity contribution in [2.75, 3.05) is 26.2 Å². The minimum absolute atomic E-state index is 0.0725. The van der Waals surface area contributed by atoms with Crippen molar-refractivity contribution in [3.63, 3.8) is 0 Å². The predicted molar refractivity (Wildman–Crippen MR) is 99.4 cm³/mol. The van der Waals surface area contributed by atoms with Crippen LogP contribution in [0.25, 0.3) is 0 Å². The van der Waals surface area contributed by atoms with Crippen LogP contribution in [-0.2, 0) is 9.47 Å². The first kappa shape index (κ1) is 20.6. The van der Waals surface area contributed by atoms with Gasteiger partial charge in [0, 0.05) is 25.6 Å². The highest BCUT2D eigenvalue weighted by atomic mass is 19.1. The van der Waals surface area contributed by atoms with E-state index in [-0.39, 0.29) is 23.9 Å². The maximum absolute atomic E-state index is 13.8. The zero-order chi connectivity index (χ0) is 19.3. The lowest BCUT2D eigenvalue weighted by Gasteiger charge is -2.38. The molecular weight excluding hydrogens is 335 g/mol. The van der Waals surface area contributed by atoms with Crippen molar-refractivity contribution in [3.8, 4) is 0 Å². The van der Waals surface area contributed by atoms with Gasteiger partial charge in [-0.3, -0.25) is 0 Å². The molecule has 1 amide bonds. The van der Waals surface area contributed by atoms with E-state index < -0.39 is 5.60 Å². The van der Waals surface area contributed by atoms with Gasteiger partial charge in [0.05, 0.1) is 12.7 Å². The van der Waals surface area contributed by atoms with Crippen molar-refractivity contribution in [3.05, 3.63) is 35.1 Å². The molecule has 2 N–H and O–H groups in total. The number of nitrogens with two attached hydrogens (primary N) is 1. The number of hydrogen-bond acceptors (Lipinski definition) is 4. The number of carbonyl (C=O) groups is 1. The van der Waals surface area contributed by atoms with Crippen LogP contribution < -0.4 is 5.73 Å². The average Bonchev–Trinajstić information content (AvgIpc) is 2.57. The van der Waals surface area contributed by atoms with E-state index >= 15 is 0 Å². The number of carbonyl (C=O) groups excluding carboxylic acids is 1. The zero-order valence-corrected chi connectivity index (χ0v) is 16.3. The fourth-order valence-electron chi connectivity index (χ4n) is 3.34. The Hall–Kier alpha value is -1.66. The Morgan fingerprint density at radius 1 is 1.42 bits per heavy atom. The molecule has 146 valence electrons. The maximum Gasteiger partial charge on any atom is 0.410 e. The third-order valence-electron chi connectivity index (χ3n) is 4.50. The van der Waals surface area contributed by atoms with Crippen LogP contribution in [-0.4, -0.2) is 42.8 Å². The van der Waals surface area contributed by atoms with E-state index in [0.717, 1.165) is 24.0 Å². The summed E-state index contributed by atoms with van der Waals surface area (Å²) in [4.78, 5) is 14.2. The van der Waals surface area contributed by atoms with E-state index in [4.69, 9.17) is 15.2 Å². The summed E-state index contributed by atoms with van der Waals surface area (Å²) in [6.07, 6.45) is 1.17. The standard InChI is InChI=1S/C20H31FN2O3/c1-14-7-8-16(21)12-17(14)18(25-11-9-22)15-6-5-10-23(13-15)19(24)26-20(2,3)4/h7-8,12,15,18H,5-6,9-11,13,22H2,1-4H3/t15?,18-/m1/s1. The SMILES string of the molecule is Cc1ccc(F)cc1[C@H](OCCN)C1CCCN(C(=O)OC(C)(C)C)C1. The van der Waals surface area contributed by atoms with Crippen LogP contribution in [0.15, 0.2) is 18.2 Å². The lowest BCUT2D eigenvalue weighted by Crippen LogP contribution is -2.44. The van der Waals surface area contributed by atoms with Gasteiger partial charge < -0.3 is 20.1 Å². The van der Waals surface area contributed by atoms with Crippen LogP contribution in [0, 0.1) is 18.7 Å². The Bertz CT molecular complexity index is 616. The molecule has 1 unspecified atom stereocenters. The Morgan fingerprint density at radius 2 is 2.15 bits per heavy atom. The first-order chi connectivity index (χ1) is 12.2. The van der Waals surface area contributed by atoms with Gasteiger partial charge in [0.2, 0.25) is 0 Å². The lowest BCUT2D eigenvalue weighted by atomic mass is 9.86. The summed E-state index contributed by atoms with van der Waals surface area (Å²) in [6.45, 7) is 9.50. The number of likely N-dealkylation sites (tertiary alicyclic amines) is 1. The number of nitrogens with zero attached hydrogens (tertiary/aromatic N) is 1. The third kappa shape index (κ3) is 5.68. The highest BCUT2D eigenvalue weighted by Crippen LogP contribution is 2.35. The van der Waals surface area contributed by atoms with Gasteiger partial charge in [-0.2, -0.15) is 0 Å². The molecule has 0 aromatic heterocycles. The minimum Gasteiger partial charge on any atom is -0.444 e. The lowest BCUT2D eigenvalue weighted by molar-refractivity contribution is -0.0236. The molecule has 1 saturated heterocycles. The van der Waals surface area contributed by atoms with E-state index in [9.17, 15) is 9.18 Å². The molecule has 1 aliphatic rings. The molecule has 6 heteroatoms. The second-order valence-corrected chi connectivity index (χ2v) is 7.91. The highest BCUT2D eigenvalue weighted by molar-refractivity contribution is 5.68. The Labute approximate surface area is 155 Å². The second kappa shape index (κ2) is 8.82. The van der Waals surface area contributed by atoms with Gasteiger partial charge in [-0.1, -0.05) is 6.07 Å². The van der Waals surface area contributed by atoms with Crippen LogP contribution in [0.1, 0.15) is 50.8 Å². The van der Waals surface area contributed by atoms with Crippen molar-refractivity contribution in [1.29, 1.82) is 0 Å². The van der Waals surface area contributed by atoms with Gasteiger partial charge in [0.1, 0.15) is 11.4 Å². The van der Waals surface area contributed by atoms with Crippen LogP contribution in [0.5, 0.6) is 0 Å². The Balaban J connectivity index is 2.19. The molecule has 0 spiro atoms. The molecule has 2 rings (SSSR count). The van der Waals surface area contributed by atoms with Crippen molar-refractivity contribution < 1.29 is 18.7 Å². The molecule has 1 fully saturated rings. The number of benzene rings is 1. The number of piperidine rings is 1. The summed E-state index contributed by atoms with van der Waals surface area (Å²) >= 11 is 0. The van der Waals surface area contributed by atoms with Crippen molar-refractivity contribution in [2.45, 2.75) is 52.2 Å². The van der Waals surface area contributed by atoms with E-state index in [1.165, 1.54) is 12.1 Å². The van der Waals surface area contributed by atoms with Gasteiger partial charge in [-0.25, -0.2) is 9.18 Å². The van der Waals surface area contributed by atoms with E-state index in [0.29, 0.717) is 26.2 Å². The first-order valence-corrected chi connectivity index (χ1v) is 9.27. The topological polar surface area (TPSA) is 64.8 Å². The molecule has 1 aromatic carbocycles. The number of aryl methyl sites for hydroxylation is 1. The fourth-order valence-corrected chi connectivity index (χ4v) is 3.34. The van der Waals surface area contributed by atoms with E-state index in [2.05, 4.69) is 0 Å². The summed E-state index contributed by atoms with van der Waals surface area (Å²) in [6, 6.07) is 4.74. The minimum atomic E-state index is -0.529. The van der Waals surface area contributed by atoms with Gasteiger partial charge >= 0.3 is 6.09 Å². The first-order valence-electron chi connectivity index (χ1n) is 9.27. The summed E-state index contributed by atoms with van der Waals surface area (Å²) in [5, 5.41) is 0. The second-order valence-electron chi connectivity index (χ2n) is 7.91. The van der Waals surface area contributed by atoms with Crippen LogP contribution in [0.3, 0.4) is 0 Å². The molecule has 1 aromatic rings. The summed E-state index contributed by atoms with van der Waals surface area (Å²) in [7, 11) is 0. The number of amides is 1.